The molecule has 0 fully saturated rings. The number of carbonyl (C=O) groups is 1. The normalized spacial score (nSPS) is 9.81. The molecule has 0 unspecified atom stereocenters. The molecule has 0 spiro atoms. The predicted molar refractivity (Wildman–Crippen MR) is 81.3 cm³/mol. The third-order valence-corrected chi connectivity index (χ3v) is 6.05. The van der Waals surface area contributed by atoms with Crippen molar-refractivity contribution < 1.29 is 9.53 Å². The molecule has 1 aromatic rings. The lowest BCUT2D eigenvalue weighted by Gasteiger charge is -2.06. The van der Waals surface area contributed by atoms with Gasteiger partial charge in [0.2, 0.25) is 0 Å². The first kappa shape index (κ1) is 14.9. The van der Waals surface area contributed by atoms with E-state index in [9.17, 15) is 4.79 Å². The molecule has 0 amide bonds. The van der Waals surface area contributed by atoms with Crippen molar-refractivity contribution in [2.75, 3.05) is 0 Å². The van der Waals surface area contributed by atoms with Crippen LogP contribution < -0.4 is 4.74 Å². The van der Waals surface area contributed by atoms with Crippen molar-refractivity contribution in [2.24, 2.45) is 0 Å². The minimum atomic E-state index is -0.498. The largest absolute Gasteiger partial charge is 0.421 e. The molecule has 0 N–H and O–H groups in total. The van der Waals surface area contributed by atoms with Gasteiger partial charge in [-0.1, -0.05) is 6.07 Å². The van der Waals surface area contributed by atoms with Crippen molar-refractivity contribution in [1.29, 1.82) is 0 Å². The molecule has 1 aromatic carbocycles. The minimum Gasteiger partial charge on any atom is -0.421 e. The number of ether oxygens (including phenoxy) is 1. The predicted octanol–water partition coefficient (Wildman–Crippen LogP) is 5.47. The number of hydrogen-bond donors (Lipinski definition) is 0. The van der Waals surface area contributed by atoms with Crippen LogP contribution in [0.5, 0.6) is 5.75 Å². The maximum atomic E-state index is 11.6. The molecule has 0 heterocycles. The summed E-state index contributed by atoms with van der Waals surface area (Å²) in [6.07, 6.45) is 0. The van der Waals surface area contributed by atoms with Gasteiger partial charge in [-0.05, 0) is 91.8 Å². The topological polar surface area (TPSA) is 26.3 Å². The summed E-state index contributed by atoms with van der Waals surface area (Å²) in [4.78, 5) is 11.6. The lowest BCUT2D eigenvalue weighted by molar-refractivity contribution is -0.129. The van der Waals surface area contributed by atoms with E-state index in [1.807, 2.05) is 6.07 Å². The summed E-state index contributed by atoms with van der Waals surface area (Å²) in [5.74, 6) is -0.0554. The number of carbonyl (C=O) groups excluding carboxylic acids is 1. The number of halogens is 5. The van der Waals surface area contributed by atoms with Crippen LogP contribution in [0.25, 0.3) is 0 Å². The lowest BCUT2D eigenvalue weighted by Crippen LogP contribution is -2.08. The van der Waals surface area contributed by atoms with Gasteiger partial charge in [0, 0.05) is 4.47 Å². The average molecular weight is 543 g/mol. The van der Waals surface area contributed by atoms with Crippen LogP contribution >= 0.6 is 79.6 Å². The summed E-state index contributed by atoms with van der Waals surface area (Å²) in [6.45, 7) is 0. The molecule has 0 aliphatic carbocycles. The fraction of sp³-hybridized carbons (Fsp3) is 0. The SMILES string of the molecule is O=C(Oc1cccc(Br)c1Br)C(Br)=C(Br)Br. The Hall–Kier alpha value is 0.830. The van der Waals surface area contributed by atoms with Crippen LogP contribution in [-0.4, -0.2) is 5.97 Å². The molecule has 0 aromatic heterocycles. The zero-order valence-electron chi connectivity index (χ0n) is 7.44. The molecule has 0 radical (unpaired) electrons. The van der Waals surface area contributed by atoms with Crippen molar-refractivity contribution in [3.63, 3.8) is 0 Å². The molecule has 0 aliphatic heterocycles. The van der Waals surface area contributed by atoms with Crippen LogP contribution in [0.3, 0.4) is 0 Å². The molecule has 0 aliphatic rings. The first-order chi connectivity index (χ1) is 7.43. The molecule has 1 rings (SSSR count). The smallest absolute Gasteiger partial charge is 0.352 e. The van der Waals surface area contributed by atoms with Crippen LogP contribution in [0.1, 0.15) is 0 Å². The second kappa shape index (κ2) is 6.68. The van der Waals surface area contributed by atoms with Gasteiger partial charge < -0.3 is 4.74 Å². The monoisotopic (exact) mass is 538 g/mol. The van der Waals surface area contributed by atoms with E-state index >= 15 is 0 Å². The van der Waals surface area contributed by atoms with Gasteiger partial charge in [-0.2, -0.15) is 0 Å². The van der Waals surface area contributed by atoms with Crippen LogP contribution in [0.15, 0.2) is 35.0 Å². The summed E-state index contributed by atoms with van der Waals surface area (Å²) >= 11 is 16.0. The molecule has 0 saturated carbocycles. The number of benzene rings is 1. The summed E-state index contributed by atoms with van der Waals surface area (Å²) < 4.78 is 7.45. The zero-order valence-corrected chi connectivity index (χ0v) is 15.4. The van der Waals surface area contributed by atoms with E-state index in [4.69, 9.17) is 4.74 Å². The van der Waals surface area contributed by atoms with E-state index < -0.39 is 5.97 Å². The van der Waals surface area contributed by atoms with Gasteiger partial charge in [0.25, 0.3) is 0 Å². The van der Waals surface area contributed by atoms with Crippen LogP contribution in [0.4, 0.5) is 0 Å². The molecule has 16 heavy (non-hydrogen) atoms. The first-order valence-electron chi connectivity index (χ1n) is 3.80. The van der Waals surface area contributed by atoms with Crippen LogP contribution in [-0.2, 0) is 4.79 Å². The van der Waals surface area contributed by atoms with E-state index in [1.165, 1.54) is 0 Å². The molecule has 2 nitrogen and oxygen atoms in total. The molecule has 7 heteroatoms. The maximum Gasteiger partial charge on any atom is 0.352 e. The zero-order chi connectivity index (χ0) is 12.3. The van der Waals surface area contributed by atoms with Crippen molar-refractivity contribution in [3.05, 3.63) is 35.0 Å². The third kappa shape index (κ3) is 3.94. The Balaban J connectivity index is 2.94. The van der Waals surface area contributed by atoms with E-state index in [0.29, 0.717) is 13.6 Å². The van der Waals surface area contributed by atoms with Gasteiger partial charge in [-0.15, -0.1) is 0 Å². The highest BCUT2D eigenvalue weighted by Gasteiger charge is 2.14. The molecule has 86 valence electrons. The average Bonchev–Trinajstić information content (AvgIpc) is 2.23. The Morgan fingerprint density at radius 2 is 1.75 bits per heavy atom. The second-order valence-corrected chi connectivity index (χ2v) is 7.61. The highest BCUT2D eigenvalue weighted by atomic mass is 79.9. The van der Waals surface area contributed by atoms with Crippen molar-refractivity contribution in [3.8, 4) is 5.75 Å². The number of hydrogen-bond acceptors (Lipinski definition) is 2. The minimum absolute atomic E-state index is 0.277. The Morgan fingerprint density at radius 3 is 2.31 bits per heavy atom. The third-order valence-electron chi connectivity index (χ3n) is 1.46. The van der Waals surface area contributed by atoms with Crippen LogP contribution in [0, 0.1) is 0 Å². The van der Waals surface area contributed by atoms with Gasteiger partial charge >= 0.3 is 5.97 Å². The van der Waals surface area contributed by atoms with E-state index in [-0.39, 0.29) is 4.48 Å². The van der Waals surface area contributed by atoms with Crippen molar-refractivity contribution >= 4 is 85.6 Å². The maximum absolute atomic E-state index is 11.6. The molecule has 0 saturated heterocycles. The van der Waals surface area contributed by atoms with Crippen molar-refractivity contribution in [2.45, 2.75) is 0 Å². The van der Waals surface area contributed by atoms with E-state index in [1.54, 1.807) is 12.1 Å². The second-order valence-electron chi connectivity index (χ2n) is 2.52. The standard InChI is InChI=1S/C9H3Br5O2/c10-4-2-1-3-5(6(4)11)16-9(15)7(12)8(13)14/h1-3H. The fourth-order valence-electron chi connectivity index (χ4n) is 0.785. The Bertz CT molecular complexity index is 451. The van der Waals surface area contributed by atoms with Crippen LogP contribution in [0.2, 0.25) is 0 Å². The van der Waals surface area contributed by atoms with Gasteiger partial charge in [-0.3, -0.25) is 0 Å². The van der Waals surface area contributed by atoms with E-state index in [2.05, 4.69) is 79.6 Å². The van der Waals surface area contributed by atoms with Crippen molar-refractivity contribution in [1.82, 2.24) is 0 Å². The Kier molecular flexibility index (Phi) is 6.22. The highest BCUT2D eigenvalue weighted by molar-refractivity contribution is 9.29. The summed E-state index contributed by atoms with van der Waals surface area (Å²) in [6, 6.07) is 5.31. The molecular weight excluding hydrogens is 540 g/mol. The number of esters is 1. The highest BCUT2D eigenvalue weighted by Crippen LogP contribution is 2.33. The summed E-state index contributed by atoms with van der Waals surface area (Å²) in [7, 11) is 0. The molecule has 0 atom stereocenters. The Morgan fingerprint density at radius 1 is 1.12 bits per heavy atom. The van der Waals surface area contributed by atoms with E-state index in [0.717, 1.165) is 4.47 Å². The van der Waals surface area contributed by atoms with Gasteiger partial charge in [0.1, 0.15) is 10.2 Å². The lowest BCUT2D eigenvalue weighted by atomic mass is 10.3. The summed E-state index contributed by atoms with van der Waals surface area (Å²) in [5, 5.41) is 0. The fourth-order valence-corrected chi connectivity index (χ4v) is 1.88. The number of rotatable bonds is 2. The van der Waals surface area contributed by atoms with Gasteiger partial charge in [-0.25, -0.2) is 4.79 Å². The van der Waals surface area contributed by atoms with Gasteiger partial charge in [0.05, 0.1) is 7.86 Å². The quantitative estimate of drug-likeness (QED) is 0.282. The van der Waals surface area contributed by atoms with Gasteiger partial charge in [0.15, 0.2) is 0 Å². The molecular formula is C9H3Br5O2. The summed E-state index contributed by atoms with van der Waals surface area (Å²) in [5.41, 5.74) is 0. The Labute approximate surface area is 134 Å². The molecule has 0 bridgehead atoms. The first-order valence-corrected chi connectivity index (χ1v) is 7.77.